The topological polar surface area (TPSA) is 66.5 Å². The van der Waals surface area contributed by atoms with Crippen LogP contribution in [0, 0.1) is 20.8 Å². The van der Waals surface area contributed by atoms with E-state index in [2.05, 4.69) is 38.2 Å². The van der Waals surface area contributed by atoms with E-state index in [9.17, 15) is 13.2 Å². The van der Waals surface area contributed by atoms with E-state index >= 15 is 0 Å². The molecule has 2 atom stereocenters. The molecular formula is C22H28N2O3S. The molecule has 150 valence electrons. The van der Waals surface area contributed by atoms with Crippen molar-refractivity contribution in [1.29, 1.82) is 0 Å². The lowest BCUT2D eigenvalue weighted by Gasteiger charge is -2.22. The van der Waals surface area contributed by atoms with Crippen molar-refractivity contribution in [3.05, 3.63) is 63.7 Å². The maximum absolute atomic E-state index is 12.8. The molecule has 0 saturated heterocycles. The maximum Gasteiger partial charge on any atom is 0.251 e. The highest BCUT2D eigenvalue weighted by Gasteiger charge is 2.32. The number of hydrogen-bond acceptors (Lipinski definition) is 3. The zero-order valence-corrected chi connectivity index (χ0v) is 18.1. The van der Waals surface area contributed by atoms with E-state index in [1.165, 1.54) is 21.7 Å². The summed E-state index contributed by atoms with van der Waals surface area (Å²) in [5.74, 6) is -0.154. The van der Waals surface area contributed by atoms with Crippen molar-refractivity contribution in [3.63, 3.8) is 0 Å². The Morgan fingerprint density at radius 1 is 1.11 bits per heavy atom. The van der Waals surface area contributed by atoms with E-state index in [4.69, 9.17) is 0 Å². The highest BCUT2D eigenvalue weighted by atomic mass is 32.2. The molecule has 28 heavy (non-hydrogen) atoms. The van der Waals surface area contributed by atoms with Gasteiger partial charge in [-0.3, -0.25) is 9.10 Å². The van der Waals surface area contributed by atoms with E-state index in [1.54, 1.807) is 12.1 Å². The summed E-state index contributed by atoms with van der Waals surface area (Å²) in [6.07, 6.45) is 1.82. The Morgan fingerprint density at radius 2 is 1.75 bits per heavy atom. The number of rotatable bonds is 4. The Balaban J connectivity index is 1.83. The van der Waals surface area contributed by atoms with Gasteiger partial charge in [0.05, 0.1) is 18.0 Å². The van der Waals surface area contributed by atoms with Crippen molar-refractivity contribution in [2.24, 2.45) is 0 Å². The fourth-order valence-electron chi connectivity index (χ4n) is 4.06. The molecule has 0 radical (unpaired) electrons. The number of sulfonamides is 1. The molecule has 1 heterocycles. The molecule has 3 rings (SSSR count). The fraction of sp³-hybridized carbons (Fsp3) is 0.409. The monoisotopic (exact) mass is 400 g/mol. The minimum Gasteiger partial charge on any atom is -0.346 e. The molecule has 1 N–H and O–H groups in total. The second-order valence-electron chi connectivity index (χ2n) is 7.94. The number of benzene rings is 2. The molecule has 5 nitrogen and oxygen atoms in total. The predicted octanol–water partition coefficient (Wildman–Crippen LogP) is 3.81. The molecule has 2 aromatic carbocycles. The number of fused-ring (bicyclic) bond motifs is 1. The molecule has 1 aliphatic heterocycles. The van der Waals surface area contributed by atoms with Gasteiger partial charge >= 0.3 is 0 Å². The van der Waals surface area contributed by atoms with E-state index in [0.717, 1.165) is 16.7 Å². The van der Waals surface area contributed by atoms with Crippen LogP contribution in [-0.4, -0.2) is 26.6 Å². The van der Waals surface area contributed by atoms with Gasteiger partial charge in [-0.1, -0.05) is 12.1 Å². The third kappa shape index (κ3) is 3.78. The van der Waals surface area contributed by atoms with Crippen LogP contribution in [0.15, 0.2) is 30.3 Å². The van der Waals surface area contributed by atoms with Crippen molar-refractivity contribution >= 4 is 21.6 Å². The van der Waals surface area contributed by atoms with Crippen molar-refractivity contribution < 1.29 is 13.2 Å². The Morgan fingerprint density at radius 3 is 2.39 bits per heavy atom. The summed E-state index contributed by atoms with van der Waals surface area (Å²) in [6.45, 7) is 10.1. The molecule has 0 spiro atoms. The lowest BCUT2D eigenvalue weighted by atomic mass is 9.96. The van der Waals surface area contributed by atoms with Gasteiger partial charge < -0.3 is 5.32 Å². The van der Waals surface area contributed by atoms with Crippen LogP contribution in [0.4, 0.5) is 5.69 Å². The van der Waals surface area contributed by atoms with E-state index in [0.29, 0.717) is 17.7 Å². The van der Waals surface area contributed by atoms with Gasteiger partial charge in [0.15, 0.2) is 0 Å². The lowest BCUT2D eigenvalue weighted by Crippen LogP contribution is -2.34. The maximum atomic E-state index is 12.8. The normalized spacial score (nSPS) is 17.4. The average Bonchev–Trinajstić information content (AvgIpc) is 2.92. The van der Waals surface area contributed by atoms with Crippen LogP contribution in [0.1, 0.15) is 58.1 Å². The molecule has 0 fully saturated rings. The number of carbonyl (C=O) groups is 1. The SMILES string of the molecule is Cc1cc(C)c(C(C)NC(=O)c2ccc3c(c2)CC(C)N3S(C)(=O)=O)cc1C. The Hall–Kier alpha value is -2.34. The molecular weight excluding hydrogens is 372 g/mol. The van der Waals surface area contributed by atoms with Gasteiger partial charge in [0.25, 0.3) is 5.91 Å². The van der Waals surface area contributed by atoms with Gasteiger partial charge in [-0.25, -0.2) is 8.42 Å². The number of anilines is 1. The molecule has 1 aliphatic rings. The number of hydrogen-bond donors (Lipinski definition) is 1. The highest BCUT2D eigenvalue weighted by molar-refractivity contribution is 7.92. The summed E-state index contributed by atoms with van der Waals surface area (Å²) >= 11 is 0. The summed E-state index contributed by atoms with van der Waals surface area (Å²) in [4.78, 5) is 12.8. The number of amides is 1. The summed E-state index contributed by atoms with van der Waals surface area (Å²) < 4.78 is 25.6. The fourth-order valence-corrected chi connectivity index (χ4v) is 5.32. The Kier molecular flexibility index (Phi) is 5.28. The molecule has 0 saturated carbocycles. The van der Waals surface area contributed by atoms with Crippen molar-refractivity contribution in [2.45, 2.75) is 53.1 Å². The zero-order chi connectivity index (χ0) is 20.8. The average molecular weight is 401 g/mol. The summed E-state index contributed by atoms with van der Waals surface area (Å²) in [5.41, 5.74) is 6.81. The van der Waals surface area contributed by atoms with Gasteiger partial charge in [-0.15, -0.1) is 0 Å². The minimum atomic E-state index is -3.33. The Bertz CT molecular complexity index is 1040. The standard InChI is InChI=1S/C22H28N2O3S/c1-13-9-15(3)20(10-14(13)2)17(5)23-22(25)18-7-8-21-19(12-18)11-16(4)24(21)28(6,26)27/h7-10,12,16-17H,11H2,1-6H3,(H,23,25). The van der Waals surface area contributed by atoms with Crippen LogP contribution in [0.5, 0.6) is 0 Å². The first-order chi connectivity index (χ1) is 13.0. The summed E-state index contributed by atoms with van der Waals surface area (Å²) in [6, 6.07) is 9.26. The minimum absolute atomic E-state index is 0.119. The largest absolute Gasteiger partial charge is 0.346 e. The van der Waals surface area contributed by atoms with Gasteiger partial charge in [-0.2, -0.15) is 0 Å². The smallest absolute Gasteiger partial charge is 0.251 e. The van der Waals surface area contributed by atoms with Gasteiger partial charge in [0.2, 0.25) is 10.0 Å². The lowest BCUT2D eigenvalue weighted by molar-refractivity contribution is 0.0939. The highest BCUT2D eigenvalue weighted by Crippen LogP contribution is 2.34. The Labute approximate surface area is 167 Å². The summed E-state index contributed by atoms with van der Waals surface area (Å²) in [7, 11) is -3.33. The van der Waals surface area contributed by atoms with E-state index < -0.39 is 10.0 Å². The molecule has 2 unspecified atom stereocenters. The third-order valence-electron chi connectivity index (χ3n) is 5.55. The number of aryl methyl sites for hydroxylation is 3. The number of nitrogens with one attached hydrogen (secondary N) is 1. The van der Waals surface area contributed by atoms with E-state index in [1.807, 2.05) is 19.9 Å². The molecule has 1 amide bonds. The summed E-state index contributed by atoms with van der Waals surface area (Å²) in [5, 5.41) is 3.07. The predicted molar refractivity (Wildman–Crippen MR) is 113 cm³/mol. The molecule has 0 aromatic heterocycles. The molecule has 0 aliphatic carbocycles. The first-order valence-corrected chi connectivity index (χ1v) is 11.3. The van der Waals surface area contributed by atoms with Crippen molar-refractivity contribution in [3.8, 4) is 0 Å². The second kappa shape index (κ2) is 7.24. The van der Waals surface area contributed by atoms with Crippen LogP contribution in [0.3, 0.4) is 0 Å². The van der Waals surface area contributed by atoms with Gasteiger partial charge in [0, 0.05) is 11.6 Å². The third-order valence-corrected chi connectivity index (χ3v) is 6.82. The van der Waals surface area contributed by atoms with Crippen molar-refractivity contribution in [1.82, 2.24) is 5.32 Å². The number of nitrogens with zero attached hydrogens (tertiary/aromatic N) is 1. The molecule has 2 aromatic rings. The van der Waals surface area contributed by atoms with Crippen LogP contribution in [0.25, 0.3) is 0 Å². The molecule has 0 bridgehead atoms. The quantitative estimate of drug-likeness (QED) is 0.849. The zero-order valence-electron chi connectivity index (χ0n) is 17.3. The van der Waals surface area contributed by atoms with Crippen molar-refractivity contribution in [2.75, 3.05) is 10.6 Å². The molecule has 6 heteroatoms. The van der Waals surface area contributed by atoms with Gasteiger partial charge in [-0.05, 0) is 87.1 Å². The number of carbonyl (C=O) groups excluding carboxylic acids is 1. The van der Waals surface area contributed by atoms with Crippen LogP contribution in [0.2, 0.25) is 0 Å². The van der Waals surface area contributed by atoms with Gasteiger partial charge in [0.1, 0.15) is 0 Å². The first kappa shape index (κ1) is 20.4. The van der Waals surface area contributed by atoms with E-state index in [-0.39, 0.29) is 18.0 Å². The second-order valence-corrected chi connectivity index (χ2v) is 9.80. The van der Waals surface area contributed by atoms with Crippen LogP contribution in [-0.2, 0) is 16.4 Å². The van der Waals surface area contributed by atoms with Crippen LogP contribution < -0.4 is 9.62 Å². The van der Waals surface area contributed by atoms with Crippen LogP contribution >= 0.6 is 0 Å². The first-order valence-electron chi connectivity index (χ1n) is 9.50.